The predicted octanol–water partition coefficient (Wildman–Crippen LogP) is 1.91. The highest BCUT2D eigenvalue weighted by Crippen LogP contribution is 2.21. The quantitative estimate of drug-likeness (QED) is 0.529. The van der Waals surface area contributed by atoms with Crippen LogP contribution >= 0.6 is 0 Å². The minimum atomic E-state index is 0.984. The Labute approximate surface area is 65.2 Å². The van der Waals surface area contributed by atoms with E-state index in [4.69, 9.17) is 0 Å². The van der Waals surface area contributed by atoms with E-state index in [1.807, 2.05) is 36.0 Å². The second-order valence-electron chi connectivity index (χ2n) is 2.46. The average Bonchev–Trinajstić information content (AvgIpc) is 2.25. The summed E-state index contributed by atoms with van der Waals surface area (Å²) in [4.78, 5) is 4.12. The molecule has 0 radical (unpaired) electrons. The van der Waals surface area contributed by atoms with E-state index < -0.39 is 0 Å². The number of aromatic nitrogens is 1. The van der Waals surface area contributed by atoms with Crippen molar-refractivity contribution >= 4 is 17.6 Å². The fraction of sp³-hybridized carbons (Fsp3) is 0.111. The lowest BCUT2D eigenvalue weighted by Gasteiger charge is -1.95. The molecule has 0 saturated heterocycles. The van der Waals surface area contributed by atoms with Crippen molar-refractivity contribution in [2.75, 3.05) is 0 Å². The zero-order chi connectivity index (χ0) is 7.68. The highest BCUT2D eigenvalue weighted by molar-refractivity contribution is 5.73. The molecule has 2 heteroatoms. The summed E-state index contributed by atoms with van der Waals surface area (Å²) in [5.41, 5.74) is 2.11. The lowest BCUT2D eigenvalue weighted by molar-refractivity contribution is 0.915. The summed E-state index contributed by atoms with van der Waals surface area (Å²) < 4.78 is 2.04. The van der Waals surface area contributed by atoms with Gasteiger partial charge in [0.2, 0.25) is 0 Å². The average molecular weight is 144 g/mol. The lowest BCUT2D eigenvalue weighted by Crippen LogP contribution is -1.86. The molecule has 0 bridgehead atoms. The summed E-state index contributed by atoms with van der Waals surface area (Å²) in [7, 11) is 2.00. The molecule has 0 N–H and O–H groups in total. The first-order valence-corrected chi connectivity index (χ1v) is 3.49. The maximum absolute atomic E-state index is 4.12. The number of hydrogen-bond donors (Lipinski definition) is 0. The van der Waals surface area contributed by atoms with Gasteiger partial charge in [-0.2, -0.15) is 0 Å². The largest absolute Gasteiger partial charge is 0.349 e. The van der Waals surface area contributed by atoms with Gasteiger partial charge in [0.15, 0.2) is 0 Å². The number of allylic oxidation sites excluding steroid dienone is 2. The van der Waals surface area contributed by atoms with E-state index in [9.17, 15) is 0 Å². The van der Waals surface area contributed by atoms with E-state index in [0.717, 1.165) is 11.4 Å². The van der Waals surface area contributed by atoms with E-state index in [-0.39, 0.29) is 0 Å². The molecule has 0 spiro atoms. The Balaban J connectivity index is 2.69. The third-order valence-electron chi connectivity index (χ3n) is 1.71. The maximum Gasteiger partial charge on any atom is 0.0980 e. The smallest absolute Gasteiger partial charge is 0.0980 e. The highest BCUT2D eigenvalue weighted by atomic mass is 15.0. The lowest BCUT2D eigenvalue weighted by atomic mass is 10.3. The molecule has 54 valence electrons. The Morgan fingerprint density at radius 2 is 2.45 bits per heavy atom. The van der Waals surface area contributed by atoms with Gasteiger partial charge in [0.1, 0.15) is 0 Å². The SMILES string of the molecule is Cn1ccc2c1C=CC=C=N2. The molecular weight excluding hydrogens is 136 g/mol. The van der Waals surface area contributed by atoms with Gasteiger partial charge in [-0.15, -0.1) is 0 Å². The standard InChI is InChI=1S/C9H8N2/c1-11-7-5-8-9(11)4-2-3-6-10-8/h2-5,7H,1H3. The second-order valence-corrected chi connectivity index (χ2v) is 2.46. The van der Waals surface area contributed by atoms with E-state index in [1.54, 1.807) is 6.08 Å². The van der Waals surface area contributed by atoms with Crippen molar-refractivity contribution in [3.05, 3.63) is 30.1 Å². The van der Waals surface area contributed by atoms with Gasteiger partial charge in [0, 0.05) is 13.2 Å². The van der Waals surface area contributed by atoms with Gasteiger partial charge in [0.25, 0.3) is 0 Å². The third kappa shape index (κ3) is 0.935. The van der Waals surface area contributed by atoms with E-state index >= 15 is 0 Å². The van der Waals surface area contributed by atoms with Crippen molar-refractivity contribution in [1.29, 1.82) is 0 Å². The Bertz CT molecular complexity index is 363. The molecule has 1 aromatic rings. The van der Waals surface area contributed by atoms with Crippen molar-refractivity contribution < 1.29 is 0 Å². The summed E-state index contributed by atoms with van der Waals surface area (Å²) in [6.45, 7) is 0. The molecule has 0 fully saturated rings. The minimum absolute atomic E-state index is 0.984. The fourth-order valence-electron chi connectivity index (χ4n) is 1.12. The van der Waals surface area contributed by atoms with Crippen molar-refractivity contribution in [1.82, 2.24) is 4.57 Å². The summed E-state index contributed by atoms with van der Waals surface area (Å²) in [6.07, 6.45) is 7.76. The summed E-state index contributed by atoms with van der Waals surface area (Å²) >= 11 is 0. The van der Waals surface area contributed by atoms with E-state index in [1.165, 1.54) is 0 Å². The molecule has 11 heavy (non-hydrogen) atoms. The van der Waals surface area contributed by atoms with Gasteiger partial charge in [-0.3, -0.25) is 0 Å². The van der Waals surface area contributed by atoms with Crippen molar-refractivity contribution in [2.45, 2.75) is 0 Å². The van der Waals surface area contributed by atoms with Crippen molar-refractivity contribution in [2.24, 2.45) is 12.0 Å². The van der Waals surface area contributed by atoms with E-state index in [2.05, 4.69) is 10.9 Å². The Morgan fingerprint density at radius 3 is 3.36 bits per heavy atom. The Hall–Kier alpha value is -1.53. The maximum atomic E-state index is 4.12. The van der Waals surface area contributed by atoms with Crippen LogP contribution in [-0.2, 0) is 7.05 Å². The molecule has 2 nitrogen and oxygen atoms in total. The first-order valence-electron chi connectivity index (χ1n) is 3.49. The molecule has 0 amide bonds. The molecule has 1 aromatic heterocycles. The number of rotatable bonds is 0. The van der Waals surface area contributed by atoms with Crippen LogP contribution in [0.5, 0.6) is 0 Å². The second kappa shape index (κ2) is 2.26. The topological polar surface area (TPSA) is 17.3 Å². The van der Waals surface area contributed by atoms with Crippen LogP contribution in [0.3, 0.4) is 0 Å². The van der Waals surface area contributed by atoms with Crippen LogP contribution in [-0.4, -0.2) is 10.4 Å². The molecule has 0 saturated carbocycles. The predicted molar refractivity (Wildman–Crippen MR) is 46.1 cm³/mol. The molecule has 1 aliphatic heterocycles. The van der Waals surface area contributed by atoms with Crippen molar-refractivity contribution in [3.8, 4) is 0 Å². The monoisotopic (exact) mass is 144 g/mol. The minimum Gasteiger partial charge on any atom is -0.349 e. The summed E-state index contributed by atoms with van der Waals surface area (Å²) in [5.74, 6) is 2.82. The fourth-order valence-corrected chi connectivity index (χ4v) is 1.12. The van der Waals surface area contributed by atoms with Gasteiger partial charge in [-0.25, -0.2) is 4.99 Å². The third-order valence-corrected chi connectivity index (χ3v) is 1.71. The molecular formula is C9H8N2. The van der Waals surface area contributed by atoms with Crippen LogP contribution in [0.4, 0.5) is 5.69 Å². The van der Waals surface area contributed by atoms with Crippen LogP contribution in [0.2, 0.25) is 0 Å². The highest BCUT2D eigenvalue weighted by Gasteiger charge is 2.01. The van der Waals surface area contributed by atoms with Gasteiger partial charge >= 0.3 is 0 Å². The molecule has 2 heterocycles. The van der Waals surface area contributed by atoms with Crippen LogP contribution in [0.1, 0.15) is 5.69 Å². The molecule has 0 atom stereocenters. The van der Waals surface area contributed by atoms with Crippen LogP contribution in [0.25, 0.3) is 6.08 Å². The number of nitrogens with zero attached hydrogens (tertiary/aromatic N) is 2. The summed E-state index contributed by atoms with van der Waals surface area (Å²) in [5, 5.41) is 0. The molecule has 2 rings (SSSR count). The molecule has 0 aliphatic carbocycles. The van der Waals surface area contributed by atoms with Gasteiger partial charge in [-0.05, 0) is 24.1 Å². The van der Waals surface area contributed by atoms with Crippen LogP contribution in [0, 0.1) is 0 Å². The summed E-state index contributed by atoms with van der Waals surface area (Å²) in [6, 6.07) is 1.98. The first-order chi connectivity index (χ1) is 5.38. The Morgan fingerprint density at radius 1 is 1.55 bits per heavy atom. The van der Waals surface area contributed by atoms with Gasteiger partial charge in [-0.1, -0.05) is 6.08 Å². The van der Waals surface area contributed by atoms with Gasteiger partial charge < -0.3 is 4.57 Å². The number of fused-ring (bicyclic) bond motifs is 1. The zero-order valence-corrected chi connectivity index (χ0v) is 6.28. The van der Waals surface area contributed by atoms with Crippen LogP contribution in [0.15, 0.2) is 29.4 Å². The van der Waals surface area contributed by atoms with Crippen LogP contribution < -0.4 is 0 Å². The Kier molecular flexibility index (Phi) is 1.27. The van der Waals surface area contributed by atoms with E-state index in [0.29, 0.717) is 0 Å². The zero-order valence-electron chi connectivity index (χ0n) is 6.28. The molecule has 1 aliphatic rings. The van der Waals surface area contributed by atoms with Crippen molar-refractivity contribution in [3.63, 3.8) is 0 Å². The molecule has 0 unspecified atom stereocenters. The number of hydrogen-bond acceptors (Lipinski definition) is 1. The normalized spacial score (nSPS) is 13.2. The first kappa shape index (κ1) is 6.20. The van der Waals surface area contributed by atoms with Gasteiger partial charge in [0.05, 0.1) is 11.4 Å². The molecule has 0 aromatic carbocycles. The number of aryl methyl sites for hydroxylation is 1. The number of aliphatic imine (C=N–C) groups is 1.